The van der Waals surface area contributed by atoms with Crippen molar-refractivity contribution in [2.45, 2.75) is 30.7 Å². The Balaban J connectivity index is 2.88. The fourth-order valence-electron chi connectivity index (χ4n) is 0.664. The van der Waals surface area contributed by atoms with E-state index in [9.17, 15) is 0 Å². The molecule has 0 aromatic rings. The van der Waals surface area contributed by atoms with Gasteiger partial charge in [0, 0.05) is 21.5 Å². The lowest BCUT2D eigenvalue weighted by Gasteiger charge is -2.02. The molecule has 0 saturated carbocycles. The lowest BCUT2D eigenvalue weighted by molar-refractivity contribution is 0.710. The van der Waals surface area contributed by atoms with Crippen molar-refractivity contribution in [3.05, 3.63) is 0 Å². The topological polar surface area (TPSA) is 0 Å². The zero-order valence-electron chi connectivity index (χ0n) is 5.87. The minimum absolute atomic E-state index is 0.430. The van der Waals surface area contributed by atoms with Crippen LogP contribution in [0.15, 0.2) is 0 Å². The van der Waals surface area contributed by atoms with Gasteiger partial charge in [0.15, 0.2) is 0 Å². The minimum atomic E-state index is 0.430. The first-order valence-corrected chi connectivity index (χ1v) is 5.89. The summed E-state index contributed by atoms with van der Waals surface area (Å²) in [4.78, 5) is 0. The summed E-state index contributed by atoms with van der Waals surface area (Å²) in [6.07, 6.45) is 3.46. The third-order valence-electron chi connectivity index (χ3n) is 1.34. The molecule has 0 fully saturated rings. The van der Waals surface area contributed by atoms with Gasteiger partial charge >= 0.3 is 0 Å². The molecule has 0 aromatic carbocycles. The highest BCUT2D eigenvalue weighted by molar-refractivity contribution is 6.25. The van der Waals surface area contributed by atoms with Crippen molar-refractivity contribution in [1.29, 1.82) is 0 Å². The zero-order valence-corrected chi connectivity index (χ0v) is 9.38. The lowest BCUT2D eigenvalue weighted by atomic mass is 10.2. The van der Waals surface area contributed by atoms with Gasteiger partial charge in [-0.25, -0.2) is 0 Å². The second kappa shape index (κ2) is 6.91. The molecule has 0 aromatic heterocycles. The first-order valence-electron chi connectivity index (χ1n) is 3.51. The Bertz CT molecular complexity index is 59.0. The van der Waals surface area contributed by atoms with Crippen molar-refractivity contribution < 1.29 is 0 Å². The summed E-state index contributed by atoms with van der Waals surface area (Å²) in [5.41, 5.74) is 0. The van der Waals surface area contributed by atoms with Crippen molar-refractivity contribution >= 4 is 33.4 Å². The Morgan fingerprint density at radius 3 is 2.44 bits per heavy atom. The van der Waals surface area contributed by atoms with Crippen LogP contribution in [0.1, 0.15) is 19.3 Å². The molecule has 0 spiro atoms. The van der Waals surface area contributed by atoms with Gasteiger partial charge in [-0.3, -0.25) is 0 Å². The van der Waals surface area contributed by atoms with Crippen molar-refractivity contribution in [2.75, 3.05) is 5.88 Å². The Morgan fingerprint density at radius 2 is 2.00 bits per heavy atom. The van der Waals surface area contributed by atoms with Crippen molar-refractivity contribution in [3.63, 3.8) is 0 Å². The van der Waals surface area contributed by atoms with E-state index >= 15 is 0 Å². The molecule has 0 rings (SSSR count). The molecule has 0 radical (unpaired) electrons. The molecule has 0 aliphatic rings. The molecule has 1 unspecified atom stereocenters. The summed E-state index contributed by atoms with van der Waals surface area (Å²) in [6.45, 7) is 0. The molecule has 3 heteroatoms. The molecule has 0 aliphatic heterocycles. The lowest BCUT2D eigenvalue weighted by Crippen LogP contribution is -1.96. The van der Waals surface area contributed by atoms with Gasteiger partial charge in [0.05, 0.1) is 0 Å². The van der Waals surface area contributed by atoms with Crippen LogP contribution >= 0.6 is 23.2 Å². The van der Waals surface area contributed by atoms with Gasteiger partial charge in [-0.05, 0) is 18.9 Å². The highest BCUT2D eigenvalue weighted by Crippen LogP contribution is 2.10. The van der Waals surface area contributed by atoms with Gasteiger partial charge in [0.25, 0.3) is 0 Å². The maximum Gasteiger partial charge on any atom is 0.0304 e. The smallest absolute Gasteiger partial charge is 0.0304 e. The van der Waals surface area contributed by atoms with Crippen LogP contribution in [0.3, 0.4) is 0 Å². The molecule has 0 bridgehead atoms. The summed E-state index contributed by atoms with van der Waals surface area (Å²) >= 11 is 11.4. The second-order valence-electron chi connectivity index (χ2n) is 2.19. The first-order chi connectivity index (χ1) is 4.31. The maximum atomic E-state index is 5.89. The molecular weight excluding hydrogens is 171 g/mol. The molecule has 1 atom stereocenters. The second-order valence-corrected chi connectivity index (χ2v) is 4.00. The molecule has 0 aliphatic carbocycles. The van der Waals surface area contributed by atoms with E-state index < -0.39 is 0 Å². The molecule has 0 amide bonds. The standard InChI is InChI=1S/C6H14Cl2Si/c7-4-2-1-3-6(8)5-9/h6H,1-5H2,9H3. The highest BCUT2D eigenvalue weighted by atomic mass is 35.5. The van der Waals surface area contributed by atoms with E-state index in [-0.39, 0.29) is 0 Å². The molecule has 0 saturated heterocycles. The molecule has 56 valence electrons. The van der Waals surface area contributed by atoms with E-state index in [0.717, 1.165) is 18.7 Å². The van der Waals surface area contributed by atoms with Crippen LogP contribution in [-0.4, -0.2) is 21.5 Å². The van der Waals surface area contributed by atoms with Crippen molar-refractivity contribution in [2.24, 2.45) is 0 Å². The Labute approximate surface area is 70.3 Å². The molecule has 0 N–H and O–H groups in total. The number of halogens is 2. The maximum absolute atomic E-state index is 5.89. The highest BCUT2D eigenvalue weighted by Gasteiger charge is 1.98. The Kier molecular flexibility index (Phi) is 7.52. The van der Waals surface area contributed by atoms with Crippen LogP contribution in [-0.2, 0) is 0 Å². The average Bonchev–Trinajstić information content (AvgIpc) is 1.89. The normalized spacial score (nSPS) is 14.0. The van der Waals surface area contributed by atoms with Crippen molar-refractivity contribution in [3.8, 4) is 0 Å². The Morgan fingerprint density at radius 1 is 1.33 bits per heavy atom. The number of unbranched alkanes of at least 4 members (excludes halogenated alkanes) is 1. The summed E-state index contributed by atoms with van der Waals surface area (Å²) in [6, 6.07) is 1.21. The van der Waals surface area contributed by atoms with Gasteiger partial charge in [-0.15, -0.1) is 23.2 Å². The fraction of sp³-hybridized carbons (Fsp3) is 1.00. The number of rotatable bonds is 5. The predicted molar refractivity (Wildman–Crippen MR) is 49.0 cm³/mol. The molecule has 0 heterocycles. The van der Waals surface area contributed by atoms with Crippen LogP contribution < -0.4 is 0 Å². The van der Waals surface area contributed by atoms with E-state index in [0.29, 0.717) is 5.38 Å². The van der Waals surface area contributed by atoms with Gasteiger partial charge in [-0.2, -0.15) is 0 Å². The number of alkyl halides is 2. The van der Waals surface area contributed by atoms with Gasteiger partial charge < -0.3 is 0 Å². The van der Waals surface area contributed by atoms with Crippen LogP contribution in [0.4, 0.5) is 0 Å². The monoisotopic (exact) mass is 184 g/mol. The Hall–Kier alpha value is 0.797. The zero-order chi connectivity index (χ0) is 7.11. The summed E-state index contributed by atoms with van der Waals surface area (Å²) in [7, 11) is 1.23. The summed E-state index contributed by atoms with van der Waals surface area (Å²) in [5.74, 6) is 0.782. The van der Waals surface area contributed by atoms with E-state index in [2.05, 4.69) is 0 Å². The minimum Gasteiger partial charge on any atom is -0.127 e. The first kappa shape index (κ1) is 9.80. The van der Waals surface area contributed by atoms with Crippen molar-refractivity contribution in [1.82, 2.24) is 0 Å². The van der Waals surface area contributed by atoms with Crippen LogP contribution in [0, 0.1) is 0 Å². The van der Waals surface area contributed by atoms with E-state index in [1.165, 1.54) is 22.7 Å². The number of hydrogen-bond donors (Lipinski definition) is 0. The third kappa shape index (κ3) is 6.69. The van der Waals surface area contributed by atoms with E-state index in [4.69, 9.17) is 23.2 Å². The SMILES string of the molecule is [SiH3]CC(Cl)CCCCCl. The number of hydrogen-bond acceptors (Lipinski definition) is 0. The van der Waals surface area contributed by atoms with Gasteiger partial charge in [0.1, 0.15) is 0 Å². The van der Waals surface area contributed by atoms with Crippen LogP contribution in [0.25, 0.3) is 0 Å². The molecule has 0 nitrogen and oxygen atoms in total. The molecular formula is C6H14Cl2Si. The average molecular weight is 185 g/mol. The third-order valence-corrected chi connectivity index (χ3v) is 3.64. The van der Waals surface area contributed by atoms with Crippen LogP contribution in [0.5, 0.6) is 0 Å². The van der Waals surface area contributed by atoms with Gasteiger partial charge in [-0.1, -0.05) is 6.42 Å². The van der Waals surface area contributed by atoms with E-state index in [1.54, 1.807) is 0 Å². The summed E-state index contributed by atoms with van der Waals surface area (Å²) < 4.78 is 0. The van der Waals surface area contributed by atoms with Gasteiger partial charge in [0.2, 0.25) is 0 Å². The summed E-state index contributed by atoms with van der Waals surface area (Å²) in [5, 5.41) is 0.430. The van der Waals surface area contributed by atoms with Crippen LogP contribution in [0.2, 0.25) is 6.04 Å². The van der Waals surface area contributed by atoms with E-state index in [1.807, 2.05) is 0 Å². The fourth-order valence-corrected chi connectivity index (χ4v) is 1.42. The molecule has 9 heavy (non-hydrogen) atoms. The largest absolute Gasteiger partial charge is 0.127 e. The predicted octanol–water partition coefficient (Wildman–Crippen LogP) is 1.79. The quantitative estimate of drug-likeness (QED) is 0.348.